The lowest BCUT2D eigenvalue weighted by atomic mass is 10.0. The largest absolute Gasteiger partial charge is 0.416 e. The molecule has 0 aromatic heterocycles. The molecule has 124 valence electrons. The van der Waals surface area contributed by atoms with Crippen molar-refractivity contribution in [1.29, 1.82) is 0 Å². The summed E-state index contributed by atoms with van der Waals surface area (Å²) in [4.78, 5) is -0.978. The summed E-state index contributed by atoms with van der Waals surface area (Å²) in [6.45, 7) is 2.45. The number of hydrogen-bond donors (Lipinski definition) is 2. The van der Waals surface area contributed by atoms with E-state index >= 15 is 0 Å². The standard InChI is InChI=1S/C13H16F4N2O2S/c1-8-6-10(4-5-18-8)19-22(20,21)12-7-9(13(15,16)17)2-3-11(12)14/h2-3,7-8,10,18-19H,4-6H2,1H3. The van der Waals surface area contributed by atoms with E-state index in [0.29, 0.717) is 37.6 Å². The minimum absolute atomic E-state index is 0.0767. The highest BCUT2D eigenvalue weighted by atomic mass is 32.2. The van der Waals surface area contributed by atoms with E-state index in [9.17, 15) is 26.0 Å². The Morgan fingerprint density at radius 2 is 2.00 bits per heavy atom. The van der Waals surface area contributed by atoms with Crippen molar-refractivity contribution in [2.45, 2.75) is 42.9 Å². The summed E-state index contributed by atoms with van der Waals surface area (Å²) in [7, 11) is -4.35. The molecule has 1 aromatic carbocycles. The minimum atomic E-state index is -4.73. The number of alkyl halides is 3. The smallest absolute Gasteiger partial charge is 0.314 e. The van der Waals surface area contributed by atoms with Gasteiger partial charge in [-0.2, -0.15) is 13.2 Å². The Balaban J connectivity index is 2.29. The molecule has 0 spiro atoms. The van der Waals surface area contributed by atoms with Gasteiger partial charge in [-0.05, 0) is 44.5 Å². The molecule has 2 atom stereocenters. The Morgan fingerprint density at radius 3 is 2.59 bits per heavy atom. The summed E-state index contributed by atoms with van der Waals surface area (Å²) >= 11 is 0. The van der Waals surface area contributed by atoms with Crippen molar-refractivity contribution in [2.24, 2.45) is 0 Å². The second kappa shape index (κ2) is 6.13. The van der Waals surface area contributed by atoms with Crippen LogP contribution in [0.2, 0.25) is 0 Å². The summed E-state index contributed by atoms with van der Waals surface area (Å²) in [6.07, 6.45) is -3.76. The van der Waals surface area contributed by atoms with E-state index in [2.05, 4.69) is 10.0 Å². The third-order valence-corrected chi connectivity index (χ3v) is 5.03. The zero-order valence-electron chi connectivity index (χ0n) is 11.7. The van der Waals surface area contributed by atoms with E-state index in [0.717, 1.165) is 0 Å². The molecule has 0 aliphatic carbocycles. The van der Waals surface area contributed by atoms with Gasteiger partial charge in [0.25, 0.3) is 0 Å². The number of sulfonamides is 1. The Bertz CT molecular complexity index is 646. The molecule has 1 heterocycles. The van der Waals surface area contributed by atoms with Crippen molar-refractivity contribution < 1.29 is 26.0 Å². The quantitative estimate of drug-likeness (QED) is 0.830. The van der Waals surface area contributed by atoms with Crippen LogP contribution in [0.3, 0.4) is 0 Å². The number of benzene rings is 1. The topological polar surface area (TPSA) is 58.2 Å². The van der Waals surface area contributed by atoms with Crippen LogP contribution in [0.5, 0.6) is 0 Å². The zero-order valence-corrected chi connectivity index (χ0v) is 12.6. The van der Waals surface area contributed by atoms with Gasteiger partial charge in [-0.15, -0.1) is 0 Å². The van der Waals surface area contributed by atoms with Gasteiger partial charge in [-0.1, -0.05) is 0 Å². The van der Waals surface area contributed by atoms with Crippen LogP contribution >= 0.6 is 0 Å². The molecule has 9 heteroatoms. The molecule has 1 aromatic rings. The van der Waals surface area contributed by atoms with E-state index in [1.54, 1.807) is 0 Å². The molecule has 0 radical (unpaired) electrons. The molecule has 1 aliphatic heterocycles. The highest BCUT2D eigenvalue weighted by Gasteiger charge is 2.34. The van der Waals surface area contributed by atoms with E-state index in [-0.39, 0.29) is 6.04 Å². The maximum absolute atomic E-state index is 13.7. The molecule has 1 fully saturated rings. The lowest BCUT2D eigenvalue weighted by Crippen LogP contribution is -2.46. The molecule has 4 nitrogen and oxygen atoms in total. The second-order valence-corrected chi connectivity index (χ2v) is 7.02. The van der Waals surface area contributed by atoms with Crippen molar-refractivity contribution in [2.75, 3.05) is 6.54 Å². The van der Waals surface area contributed by atoms with Crippen LogP contribution < -0.4 is 10.0 Å². The number of rotatable bonds is 3. The van der Waals surface area contributed by atoms with Crippen LogP contribution in [0.1, 0.15) is 25.3 Å². The first-order valence-electron chi connectivity index (χ1n) is 6.72. The van der Waals surface area contributed by atoms with E-state index in [1.165, 1.54) is 0 Å². The van der Waals surface area contributed by atoms with E-state index in [4.69, 9.17) is 0 Å². The fraction of sp³-hybridized carbons (Fsp3) is 0.538. The molecular formula is C13H16F4N2O2S. The molecule has 0 saturated carbocycles. The summed E-state index contributed by atoms with van der Waals surface area (Å²) < 4.78 is 78.3. The van der Waals surface area contributed by atoms with Gasteiger partial charge >= 0.3 is 6.18 Å². The zero-order chi connectivity index (χ0) is 16.5. The molecule has 22 heavy (non-hydrogen) atoms. The Morgan fingerprint density at radius 1 is 1.32 bits per heavy atom. The third-order valence-electron chi connectivity index (χ3n) is 3.49. The van der Waals surface area contributed by atoms with Crippen LogP contribution in [0, 0.1) is 5.82 Å². The predicted molar refractivity (Wildman–Crippen MR) is 72.2 cm³/mol. The monoisotopic (exact) mass is 340 g/mol. The Kier molecular flexibility index (Phi) is 4.78. The molecule has 1 aliphatic rings. The molecular weight excluding hydrogens is 324 g/mol. The molecule has 2 N–H and O–H groups in total. The highest BCUT2D eigenvalue weighted by Crippen LogP contribution is 2.31. The van der Waals surface area contributed by atoms with Crippen LogP contribution in [-0.2, 0) is 16.2 Å². The molecule has 2 rings (SSSR count). The average Bonchev–Trinajstić information content (AvgIpc) is 2.36. The SMILES string of the molecule is CC1CC(NS(=O)(=O)c2cc(C(F)(F)F)ccc2F)CCN1. The predicted octanol–water partition coefficient (Wildman–Crippen LogP) is 2.26. The number of hydrogen-bond acceptors (Lipinski definition) is 3. The van der Waals surface area contributed by atoms with Crippen molar-refractivity contribution in [3.05, 3.63) is 29.6 Å². The van der Waals surface area contributed by atoms with Gasteiger partial charge in [0, 0.05) is 12.1 Å². The van der Waals surface area contributed by atoms with Gasteiger partial charge in [0.15, 0.2) is 0 Å². The number of piperidine rings is 1. The van der Waals surface area contributed by atoms with Gasteiger partial charge < -0.3 is 5.32 Å². The van der Waals surface area contributed by atoms with Crippen molar-refractivity contribution in [3.8, 4) is 0 Å². The maximum Gasteiger partial charge on any atom is 0.416 e. The van der Waals surface area contributed by atoms with Crippen molar-refractivity contribution in [1.82, 2.24) is 10.0 Å². The van der Waals surface area contributed by atoms with Crippen LogP contribution in [0.4, 0.5) is 17.6 Å². The number of nitrogens with one attached hydrogen (secondary N) is 2. The second-order valence-electron chi connectivity index (χ2n) is 5.34. The van der Waals surface area contributed by atoms with Gasteiger partial charge in [0.2, 0.25) is 10.0 Å². The summed E-state index contributed by atoms with van der Waals surface area (Å²) in [5.41, 5.74) is -1.20. The third kappa shape index (κ3) is 3.96. The molecule has 1 saturated heterocycles. The summed E-state index contributed by atoms with van der Waals surface area (Å²) in [6, 6.07) is 0.994. The minimum Gasteiger partial charge on any atom is -0.314 e. The first kappa shape index (κ1) is 17.2. The van der Waals surface area contributed by atoms with Crippen molar-refractivity contribution >= 4 is 10.0 Å². The average molecular weight is 340 g/mol. The molecule has 0 bridgehead atoms. The van der Waals surface area contributed by atoms with Gasteiger partial charge in [0.05, 0.1) is 5.56 Å². The van der Waals surface area contributed by atoms with Crippen LogP contribution in [0.15, 0.2) is 23.1 Å². The molecule has 0 amide bonds. The fourth-order valence-electron chi connectivity index (χ4n) is 2.41. The van der Waals surface area contributed by atoms with Gasteiger partial charge in [-0.3, -0.25) is 0 Å². The lowest BCUT2D eigenvalue weighted by Gasteiger charge is -2.28. The first-order valence-corrected chi connectivity index (χ1v) is 8.20. The Hall–Kier alpha value is -1.19. The van der Waals surface area contributed by atoms with Gasteiger partial charge in [-0.25, -0.2) is 17.5 Å². The van der Waals surface area contributed by atoms with Crippen molar-refractivity contribution in [3.63, 3.8) is 0 Å². The molecule has 2 unspecified atom stereocenters. The number of halogens is 4. The van der Waals surface area contributed by atoms with Crippen LogP contribution in [-0.4, -0.2) is 27.0 Å². The van der Waals surface area contributed by atoms with E-state index < -0.39 is 38.5 Å². The summed E-state index contributed by atoms with van der Waals surface area (Å²) in [5.74, 6) is -1.21. The summed E-state index contributed by atoms with van der Waals surface area (Å²) in [5, 5.41) is 3.12. The van der Waals surface area contributed by atoms with E-state index in [1.807, 2.05) is 6.92 Å². The first-order chi connectivity index (χ1) is 10.1. The highest BCUT2D eigenvalue weighted by molar-refractivity contribution is 7.89. The Labute approximate surface area is 126 Å². The fourth-order valence-corrected chi connectivity index (χ4v) is 3.79. The normalized spacial score (nSPS) is 23.5. The van der Waals surface area contributed by atoms with Crippen LogP contribution in [0.25, 0.3) is 0 Å². The van der Waals surface area contributed by atoms with Gasteiger partial charge in [0.1, 0.15) is 10.7 Å². The lowest BCUT2D eigenvalue weighted by molar-refractivity contribution is -0.137. The maximum atomic E-state index is 13.7.